The third-order valence-corrected chi connectivity index (χ3v) is 7.00. The molecule has 3 amide bonds. The second kappa shape index (κ2) is 11.0. The maximum atomic E-state index is 13.2. The molecule has 0 aromatic heterocycles. The van der Waals surface area contributed by atoms with Crippen LogP contribution in [0.25, 0.3) is 22.3 Å². The van der Waals surface area contributed by atoms with Crippen LogP contribution in [0.4, 0.5) is 5.69 Å². The Labute approximate surface area is 232 Å². The number of carbonyl (C=O) groups is 4. The fraction of sp³-hybridized carbons (Fsp3) is 0.152. The zero-order chi connectivity index (χ0) is 28.4. The fourth-order valence-corrected chi connectivity index (χ4v) is 4.88. The summed E-state index contributed by atoms with van der Waals surface area (Å²) in [4.78, 5) is 52.4. The Morgan fingerprint density at radius 1 is 0.700 bits per heavy atom. The van der Waals surface area contributed by atoms with E-state index < -0.39 is 23.8 Å². The van der Waals surface area contributed by atoms with Crippen molar-refractivity contribution in [2.24, 2.45) is 5.92 Å². The molecule has 1 unspecified atom stereocenters. The van der Waals surface area contributed by atoms with Crippen molar-refractivity contribution in [3.05, 3.63) is 114 Å². The maximum Gasteiger partial charge on any atom is 0.329 e. The maximum absolute atomic E-state index is 13.2. The van der Waals surface area contributed by atoms with Crippen molar-refractivity contribution in [3.8, 4) is 22.3 Å². The van der Waals surface area contributed by atoms with Gasteiger partial charge in [0, 0.05) is 11.3 Å². The van der Waals surface area contributed by atoms with Gasteiger partial charge in [0.25, 0.3) is 17.7 Å². The molecule has 0 spiro atoms. The molecule has 0 saturated heterocycles. The molecule has 0 aliphatic carbocycles. The number of imide groups is 1. The van der Waals surface area contributed by atoms with E-state index in [1.165, 1.54) is 7.11 Å². The number of methoxy groups -OCH3 is 1. The van der Waals surface area contributed by atoms with Gasteiger partial charge in [-0.25, -0.2) is 4.79 Å². The molecule has 1 N–H and O–H groups in total. The second-order valence-corrected chi connectivity index (χ2v) is 9.93. The lowest BCUT2D eigenvalue weighted by atomic mass is 10.00. The van der Waals surface area contributed by atoms with Gasteiger partial charge in [-0.15, -0.1) is 0 Å². The number of ether oxygens (including phenoxy) is 1. The molecule has 4 aromatic carbocycles. The van der Waals surface area contributed by atoms with Gasteiger partial charge >= 0.3 is 5.97 Å². The van der Waals surface area contributed by atoms with Gasteiger partial charge in [-0.2, -0.15) is 0 Å². The molecule has 1 heterocycles. The van der Waals surface area contributed by atoms with E-state index in [2.05, 4.69) is 5.32 Å². The molecule has 1 aliphatic rings. The molecule has 1 atom stereocenters. The number of rotatable bonds is 7. The van der Waals surface area contributed by atoms with Crippen LogP contribution in [0.3, 0.4) is 0 Å². The van der Waals surface area contributed by atoms with Crippen LogP contribution in [0.2, 0.25) is 0 Å². The Balaban J connectivity index is 1.31. The van der Waals surface area contributed by atoms with Crippen LogP contribution in [-0.4, -0.2) is 41.7 Å². The third-order valence-electron chi connectivity index (χ3n) is 7.00. The van der Waals surface area contributed by atoms with Gasteiger partial charge in [-0.1, -0.05) is 74.5 Å². The number of amides is 3. The highest BCUT2D eigenvalue weighted by Gasteiger charge is 2.44. The average molecular weight is 533 g/mol. The van der Waals surface area contributed by atoms with Gasteiger partial charge in [0.15, 0.2) is 0 Å². The zero-order valence-electron chi connectivity index (χ0n) is 22.4. The molecule has 7 heteroatoms. The summed E-state index contributed by atoms with van der Waals surface area (Å²) in [6.45, 7) is 3.52. The summed E-state index contributed by atoms with van der Waals surface area (Å²) in [5.74, 6) is -2.19. The number of nitrogens with zero attached hydrogens (tertiary/aromatic N) is 1. The number of hydrogen-bond donors (Lipinski definition) is 1. The number of carbonyl (C=O) groups excluding carboxylic acids is 4. The Morgan fingerprint density at radius 2 is 1.25 bits per heavy atom. The standard InChI is InChI=1S/C33H28N2O5/c1-20(2)29(33(39)40-3)35-31(37)27-18-15-25(19-28(27)32(35)38)23-13-16-26(17-14-23)34-30(36)24-11-9-22(10-12-24)21-7-5-4-6-8-21/h4-20,29H,1-3H3,(H,34,36). The molecule has 0 radical (unpaired) electrons. The largest absolute Gasteiger partial charge is 0.467 e. The van der Waals surface area contributed by atoms with Crippen LogP contribution in [0.5, 0.6) is 0 Å². The van der Waals surface area contributed by atoms with E-state index >= 15 is 0 Å². The van der Waals surface area contributed by atoms with Crippen molar-refractivity contribution in [2.45, 2.75) is 19.9 Å². The topological polar surface area (TPSA) is 92.8 Å². The van der Waals surface area contributed by atoms with Crippen molar-refractivity contribution in [1.82, 2.24) is 4.90 Å². The first-order valence-corrected chi connectivity index (χ1v) is 13.0. The number of hydrogen-bond acceptors (Lipinski definition) is 5. The first-order valence-electron chi connectivity index (χ1n) is 13.0. The highest BCUT2D eigenvalue weighted by atomic mass is 16.5. The lowest BCUT2D eigenvalue weighted by Crippen LogP contribution is -2.48. The summed E-state index contributed by atoms with van der Waals surface area (Å²) in [5.41, 5.74) is 5.32. The lowest BCUT2D eigenvalue weighted by Gasteiger charge is -2.26. The van der Waals surface area contributed by atoms with E-state index in [1.807, 2.05) is 54.6 Å². The van der Waals surface area contributed by atoms with Crippen LogP contribution in [0.1, 0.15) is 44.9 Å². The summed E-state index contributed by atoms with van der Waals surface area (Å²) in [7, 11) is 1.24. The van der Waals surface area contributed by atoms with Gasteiger partial charge in [-0.05, 0) is 64.6 Å². The number of fused-ring (bicyclic) bond motifs is 1. The van der Waals surface area contributed by atoms with E-state index in [-0.39, 0.29) is 23.0 Å². The molecule has 4 aromatic rings. The van der Waals surface area contributed by atoms with Crippen molar-refractivity contribution in [1.29, 1.82) is 0 Å². The third kappa shape index (κ3) is 5.01. The number of benzene rings is 4. The van der Waals surface area contributed by atoms with Crippen LogP contribution in [0, 0.1) is 5.92 Å². The van der Waals surface area contributed by atoms with E-state index in [9.17, 15) is 19.2 Å². The normalized spacial score (nSPS) is 13.2. The lowest BCUT2D eigenvalue weighted by molar-refractivity contribution is -0.146. The Hall–Kier alpha value is -5.04. The summed E-state index contributed by atoms with van der Waals surface area (Å²) in [6.07, 6.45) is 0. The van der Waals surface area contributed by atoms with Crippen LogP contribution < -0.4 is 5.32 Å². The molecular formula is C33H28N2O5. The van der Waals surface area contributed by atoms with Crippen LogP contribution in [0.15, 0.2) is 97.1 Å². The SMILES string of the molecule is COC(=O)C(C(C)C)N1C(=O)c2ccc(-c3ccc(NC(=O)c4ccc(-c5ccccc5)cc4)cc3)cc2C1=O. The number of esters is 1. The summed E-state index contributed by atoms with van der Waals surface area (Å²) in [5, 5.41) is 2.91. The summed E-state index contributed by atoms with van der Waals surface area (Å²) >= 11 is 0. The van der Waals surface area contributed by atoms with Crippen molar-refractivity contribution < 1.29 is 23.9 Å². The molecule has 0 fully saturated rings. The van der Waals surface area contributed by atoms with Crippen molar-refractivity contribution >= 4 is 29.4 Å². The van der Waals surface area contributed by atoms with Gasteiger partial charge in [0.2, 0.25) is 0 Å². The van der Waals surface area contributed by atoms with Crippen LogP contribution in [-0.2, 0) is 9.53 Å². The predicted octanol–water partition coefficient (Wildman–Crippen LogP) is 6.07. The van der Waals surface area contributed by atoms with E-state index in [0.29, 0.717) is 11.3 Å². The molecule has 0 bridgehead atoms. The van der Waals surface area contributed by atoms with E-state index in [1.54, 1.807) is 56.3 Å². The first-order chi connectivity index (χ1) is 19.3. The Kier molecular flexibility index (Phi) is 7.29. The minimum atomic E-state index is -1.00. The minimum Gasteiger partial charge on any atom is -0.467 e. The zero-order valence-corrected chi connectivity index (χ0v) is 22.4. The molecular weight excluding hydrogens is 504 g/mol. The summed E-state index contributed by atoms with van der Waals surface area (Å²) < 4.78 is 4.85. The van der Waals surface area contributed by atoms with Crippen molar-refractivity contribution in [2.75, 3.05) is 12.4 Å². The van der Waals surface area contributed by atoms with Gasteiger partial charge in [0.05, 0.1) is 18.2 Å². The fourth-order valence-electron chi connectivity index (χ4n) is 4.88. The average Bonchev–Trinajstić information content (AvgIpc) is 3.22. The monoisotopic (exact) mass is 532 g/mol. The predicted molar refractivity (Wildman–Crippen MR) is 153 cm³/mol. The Bertz CT molecular complexity index is 1590. The molecule has 7 nitrogen and oxygen atoms in total. The number of anilines is 1. The van der Waals surface area contributed by atoms with E-state index in [0.717, 1.165) is 27.2 Å². The van der Waals surface area contributed by atoms with Gasteiger partial charge < -0.3 is 10.1 Å². The molecule has 0 saturated carbocycles. The highest BCUT2D eigenvalue weighted by Crippen LogP contribution is 2.32. The minimum absolute atomic E-state index is 0.223. The molecule has 40 heavy (non-hydrogen) atoms. The quantitative estimate of drug-likeness (QED) is 0.231. The molecule has 1 aliphatic heterocycles. The number of nitrogens with one attached hydrogen (secondary N) is 1. The molecule has 200 valence electrons. The second-order valence-electron chi connectivity index (χ2n) is 9.93. The summed E-state index contributed by atoms with van der Waals surface area (Å²) in [6, 6.07) is 28.6. The van der Waals surface area contributed by atoms with Crippen molar-refractivity contribution in [3.63, 3.8) is 0 Å². The molecule has 5 rings (SSSR count). The smallest absolute Gasteiger partial charge is 0.329 e. The van der Waals surface area contributed by atoms with Crippen LogP contribution >= 0.6 is 0 Å². The van der Waals surface area contributed by atoms with Gasteiger partial charge in [-0.3, -0.25) is 19.3 Å². The Morgan fingerprint density at radius 3 is 1.88 bits per heavy atom. The first kappa shape index (κ1) is 26.6. The highest BCUT2D eigenvalue weighted by molar-refractivity contribution is 6.23. The van der Waals surface area contributed by atoms with Gasteiger partial charge in [0.1, 0.15) is 6.04 Å². The van der Waals surface area contributed by atoms with E-state index in [4.69, 9.17) is 4.74 Å².